The predicted octanol–water partition coefficient (Wildman–Crippen LogP) is 4.93. The molecule has 0 unspecified atom stereocenters. The summed E-state index contributed by atoms with van der Waals surface area (Å²) in [6, 6.07) is 7.54. The summed E-state index contributed by atoms with van der Waals surface area (Å²) in [6.45, 7) is 4.21. The second kappa shape index (κ2) is 10.0. The Hall–Kier alpha value is -3.27. The van der Waals surface area contributed by atoms with Crippen molar-refractivity contribution >= 4 is 23.1 Å². The highest BCUT2D eigenvalue weighted by atomic mass is 19.4. The number of halogens is 3. The summed E-state index contributed by atoms with van der Waals surface area (Å²) >= 11 is 0. The van der Waals surface area contributed by atoms with Gasteiger partial charge in [-0.1, -0.05) is 0 Å². The van der Waals surface area contributed by atoms with Crippen molar-refractivity contribution in [3.8, 4) is 11.1 Å². The van der Waals surface area contributed by atoms with Gasteiger partial charge in [0.15, 0.2) is 0 Å². The molecule has 0 saturated carbocycles. The zero-order chi connectivity index (χ0) is 26.2. The van der Waals surface area contributed by atoms with Crippen LogP contribution in [0.4, 0.5) is 24.8 Å². The second-order valence-corrected chi connectivity index (χ2v) is 9.50. The van der Waals surface area contributed by atoms with Crippen LogP contribution in [-0.4, -0.2) is 77.9 Å². The SMILES string of the molecule is CCN(c1c(C)c(C(=O)O)cc2c(-c3ccnc(N(C)C)c3)ccn12)C1CCN(CC(F)(F)F)CC1. The lowest BCUT2D eigenvalue weighted by Crippen LogP contribution is -2.48. The van der Waals surface area contributed by atoms with E-state index >= 15 is 0 Å². The molecule has 10 heteroatoms. The first kappa shape index (κ1) is 25.8. The number of piperidine rings is 1. The third-order valence-corrected chi connectivity index (χ3v) is 6.93. The van der Waals surface area contributed by atoms with E-state index in [-0.39, 0.29) is 11.6 Å². The van der Waals surface area contributed by atoms with Gasteiger partial charge >= 0.3 is 12.1 Å². The van der Waals surface area contributed by atoms with Gasteiger partial charge in [0.25, 0.3) is 0 Å². The lowest BCUT2D eigenvalue weighted by Gasteiger charge is -2.40. The smallest absolute Gasteiger partial charge is 0.401 e. The first-order valence-electron chi connectivity index (χ1n) is 12.1. The normalized spacial score (nSPS) is 15.4. The molecule has 3 aromatic rings. The van der Waals surface area contributed by atoms with Gasteiger partial charge in [-0.3, -0.25) is 4.90 Å². The number of hydrogen-bond donors (Lipinski definition) is 1. The first-order valence-corrected chi connectivity index (χ1v) is 12.1. The number of alkyl halides is 3. The van der Waals surface area contributed by atoms with Crippen molar-refractivity contribution in [2.24, 2.45) is 0 Å². The van der Waals surface area contributed by atoms with Crippen molar-refractivity contribution in [2.45, 2.75) is 38.9 Å². The number of nitrogens with zero attached hydrogens (tertiary/aromatic N) is 5. The Kier molecular flexibility index (Phi) is 7.17. The van der Waals surface area contributed by atoms with Crippen LogP contribution in [0.5, 0.6) is 0 Å². The lowest BCUT2D eigenvalue weighted by atomic mass is 10.0. The van der Waals surface area contributed by atoms with Crippen molar-refractivity contribution in [3.05, 3.63) is 47.8 Å². The predicted molar refractivity (Wildman–Crippen MR) is 135 cm³/mol. The van der Waals surface area contributed by atoms with Crippen LogP contribution in [0.2, 0.25) is 0 Å². The Morgan fingerprint density at radius 2 is 1.89 bits per heavy atom. The minimum absolute atomic E-state index is 0.0116. The maximum atomic E-state index is 12.9. The van der Waals surface area contributed by atoms with Crippen LogP contribution in [0.15, 0.2) is 36.7 Å². The topological polar surface area (TPSA) is 64.3 Å². The number of aromatic carboxylic acids is 1. The fourth-order valence-electron chi connectivity index (χ4n) is 5.20. The fraction of sp³-hybridized carbons (Fsp3) is 0.462. The van der Waals surface area contributed by atoms with Gasteiger partial charge < -0.3 is 19.3 Å². The summed E-state index contributed by atoms with van der Waals surface area (Å²) in [5, 5.41) is 10.0. The lowest BCUT2D eigenvalue weighted by molar-refractivity contribution is -0.147. The second-order valence-electron chi connectivity index (χ2n) is 9.50. The molecule has 36 heavy (non-hydrogen) atoms. The largest absolute Gasteiger partial charge is 0.478 e. The van der Waals surface area contributed by atoms with Crippen molar-refractivity contribution in [2.75, 3.05) is 50.1 Å². The summed E-state index contributed by atoms with van der Waals surface area (Å²) in [5.74, 6) is 0.552. The maximum absolute atomic E-state index is 12.9. The number of fused-ring (bicyclic) bond motifs is 1. The number of carboxylic acids is 1. The first-order chi connectivity index (χ1) is 17.0. The van der Waals surface area contributed by atoms with Crippen LogP contribution in [0.25, 0.3) is 16.6 Å². The molecule has 0 spiro atoms. The average molecular weight is 504 g/mol. The zero-order valence-electron chi connectivity index (χ0n) is 21.0. The quantitative estimate of drug-likeness (QED) is 0.494. The van der Waals surface area contributed by atoms with E-state index in [1.807, 2.05) is 54.7 Å². The molecule has 0 aromatic carbocycles. The van der Waals surface area contributed by atoms with E-state index in [2.05, 4.69) is 9.88 Å². The molecular formula is C26H32F3N5O2. The van der Waals surface area contributed by atoms with Crippen LogP contribution >= 0.6 is 0 Å². The van der Waals surface area contributed by atoms with Crippen molar-refractivity contribution in [1.82, 2.24) is 14.3 Å². The molecule has 4 rings (SSSR count). The molecule has 4 heterocycles. The van der Waals surface area contributed by atoms with E-state index < -0.39 is 18.7 Å². The van der Waals surface area contributed by atoms with Crippen LogP contribution in [0.3, 0.4) is 0 Å². The number of likely N-dealkylation sites (tertiary alicyclic amines) is 1. The number of aromatic nitrogens is 2. The van der Waals surface area contributed by atoms with Crippen LogP contribution < -0.4 is 9.80 Å². The third-order valence-electron chi connectivity index (χ3n) is 6.93. The average Bonchev–Trinajstić information content (AvgIpc) is 3.24. The molecule has 1 saturated heterocycles. The van der Waals surface area contributed by atoms with E-state index in [0.717, 1.165) is 28.3 Å². The molecular weight excluding hydrogens is 471 g/mol. The van der Waals surface area contributed by atoms with Crippen LogP contribution in [0.1, 0.15) is 35.7 Å². The molecule has 0 aliphatic carbocycles. The van der Waals surface area contributed by atoms with E-state index in [1.54, 1.807) is 19.2 Å². The monoisotopic (exact) mass is 503 g/mol. The number of carboxylic acid groups (broad SMARTS) is 1. The summed E-state index contributed by atoms with van der Waals surface area (Å²) in [6.07, 6.45) is 0.612. The molecule has 0 radical (unpaired) electrons. The Labute approximate surface area is 208 Å². The third kappa shape index (κ3) is 5.13. The minimum atomic E-state index is -4.21. The molecule has 1 N–H and O–H groups in total. The highest BCUT2D eigenvalue weighted by Gasteiger charge is 2.34. The van der Waals surface area contributed by atoms with Gasteiger partial charge in [0.1, 0.15) is 11.6 Å². The van der Waals surface area contributed by atoms with Crippen molar-refractivity contribution in [1.29, 1.82) is 0 Å². The number of carbonyl (C=O) groups is 1. The van der Waals surface area contributed by atoms with Crippen molar-refractivity contribution < 1.29 is 23.1 Å². The molecule has 1 aliphatic rings. The number of anilines is 2. The standard InChI is InChI=1S/C26H32F3N5O2/c1-5-33(19-7-11-32(12-8-19)16-26(27,28)29)24-17(2)21(25(35)36)15-22-20(9-13-34(22)24)18-6-10-30-23(14-18)31(3)4/h6,9-10,13-15,19H,5,7-8,11-12,16H2,1-4H3,(H,35,36). The Morgan fingerprint density at radius 1 is 1.19 bits per heavy atom. The summed E-state index contributed by atoms with van der Waals surface area (Å²) in [4.78, 5) is 22.1. The number of rotatable bonds is 7. The van der Waals surface area contributed by atoms with Gasteiger partial charge in [-0.2, -0.15) is 13.2 Å². The van der Waals surface area contributed by atoms with Crippen molar-refractivity contribution in [3.63, 3.8) is 0 Å². The zero-order valence-corrected chi connectivity index (χ0v) is 21.0. The minimum Gasteiger partial charge on any atom is -0.478 e. The summed E-state index contributed by atoms with van der Waals surface area (Å²) in [7, 11) is 3.82. The Balaban J connectivity index is 1.77. The molecule has 1 aliphatic heterocycles. The number of pyridine rings is 2. The van der Waals surface area contributed by atoms with E-state index in [4.69, 9.17) is 0 Å². The molecule has 7 nitrogen and oxygen atoms in total. The highest BCUT2D eigenvalue weighted by molar-refractivity contribution is 5.95. The Bertz CT molecular complexity index is 1250. The molecule has 0 atom stereocenters. The number of hydrogen-bond acceptors (Lipinski definition) is 5. The highest BCUT2D eigenvalue weighted by Crippen LogP contribution is 2.36. The summed E-state index contributed by atoms with van der Waals surface area (Å²) < 4.78 is 40.6. The van der Waals surface area contributed by atoms with Gasteiger partial charge in [0, 0.05) is 63.3 Å². The van der Waals surface area contributed by atoms with Gasteiger partial charge in [-0.25, -0.2) is 9.78 Å². The maximum Gasteiger partial charge on any atom is 0.401 e. The van der Waals surface area contributed by atoms with Gasteiger partial charge in [-0.05, 0) is 56.5 Å². The molecule has 0 bridgehead atoms. The van der Waals surface area contributed by atoms with Crippen LogP contribution in [-0.2, 0) is 0 Å². The molecule has 3 aromatic heterocycles. The van der Waals surface area contributed by atoms with Crippen LogP contribution in [0, 0.1) is 6.92 Å². The molecule has 0 amide bonds. The van der Waals surface area contributed by atoms with Gasteiger partial charge in [-0.15, -0.1) is 0 Å². The molecule has 1 fully saturated rings. The van der Waals surface area contributed by atoms with Gasteiger partial charge in [0.05, 0.1) is 17.6 Å². The van der Waals surface area contributed by atoms with E-state index in [9.17, 15) is 23.1 Å². The fourth-order valence-corrected chi connectivity index (χ4v) is 5.20. The van der Waals surface area contributed by atoms with E-state index in [0.29, 0.717) is 38.0 Å². The summed E-state index contributed by atoms with van der Waals surface area (Å²) in [5.41, 5.74) is 3.43. The van der Waals surface area contributed by atoms with Gasteiger partial charge in [0.2, 0.25) is 0 Å². The van der Waals surface area contributed by atoms with E-state index in [1.165, 1.54) is 4.90 Å². The molecule has 194 valence electrons. The Morgan fingerprint density at radius 3 is 2.47 bits per heavy atom.